The molecular weight excluding hydrogens is 364 g/mol. The standard InChI is InChI=1S/C16H22N2O7S/c1-11(9-16(20)21)18-15(19)5-6-17-26(22,23)12-3-4-13-14(10-12)25-8-2-7-24-13/h3-4,10-11,17H,2,5-9H2,1H3,(H,18,19)(H,20,21). The smallest absolute Gasteiger partial charge is 0.305 e. The first-order valence-corrected chi connectivity index (χ1v) is 9.67. The fraction of sp³-hybridized carbons (Fsp3) is 0.500. The maximum Gasteiger partial charge on any atom is 0.305 e. The van der Waals surface area contributed by atoms with Crippen molar-refractivity contribution in [1.29, 1.82) is 0 Å². The van der Waals surface area contributed by atoms with Crippen molar-refractivity contribution in [2.45, 2.75) is 37.1 Å². The average molecular weight is 386 g/mol. The summed E-state index contributed by atoms with van der Waals surface area (Å²) < 4.78 is 37.9. The molecule has 3 N–H and O–H groups in total. The van der Waals surface area contributed by atoms with Crippen molar-refractivity contribution in [2.24, 2.45) is 0 Å². The zero-order valence-electron chi connectivity index (χ0n) is 14.4. The molecule has 26 heavy (non-hydrogen) atoms. The predicted octanol–water partition coefficient (Wildman–Crippen LogP) is 0.496. The molecule has 0 saturated carbocycles. The number of fused-ring (bicyclic) bond motifs is 1. The minimum Gasteiger partial charge on any atom is -0.490 e. The van der Waals surface area contributed by atoms with Gasteiger partial charge in [-0.15, -0.1) is 0 Å². The zero-order chi connectivity index (χ0) is 19.2. The predicted molar refractivity (Wildman–Crippen MR) is 91.7 cm³/mol. The van der Waals surface area contributed by atoms with Crippen LogP contribution in [0.5, 0.6) is 11.5 Å². The molecule has 0 spiro atoms. The highest BCUT2D eigenvalue weighted by molar-refractivity contribution is 7.89. The van der Waals surface area contributed by atoms with E-state index < -0.39 is 27.9 Å². The summed E-state index contributed by atoms with van der Waals surface area (Å²) in [4.78, 5) is 22.3. The number of ether oxygens (including phenoxy) is 2. The van der Waals surface area contributed by atoms with Gasteiger partial charge in [-0.25, -0.2) is 13.1 Å². The topological polar surface area (TPSA) is 131 Å². The lowest BCUT2D eigenvalue weighted by Crippen LogP contribution is -2.36. The van der Waals surface area contributed by atoms with E-state index in [9.17, 15) is 18.0 Å². The lowest BCUT2D eigenvalue weighted by Gasteiger charge is -2.12. The van der Waals surface area contributed by atoms with Crippen molar-refractivity contribution < 1.29 is 32.6 Å². The SMILES string of the molecule is CC(CC(=O)O)NC(=O)CCNS(=O)(=O)c1ccc2c(c1)OCCCO2. The second-order valence-corrected chi connectivity index (χ2v) is 7.64. The highest BCUT2D eigenvalue weighted by atomic mass is 32.2. The quantitative estimate of drug-likeness (QED) is 0.593. The van der Waals surface area contributed by atoms with Crippen LogP contribution in [0.25, 0.3) is 0 Å². The van der Waals surface area contributed by atoms with E-state index in [1.54, 1.807) is 6.92 Å². The Bertz CT molecular complexity index is 764. The molecule has 0 aliphatic carbocycles. The van der Waals surface area contributed by atoms with Gasteiger partial charge in [0.2, 0.25) is 15.9 Å². The van der Waals surface area contributed by atoms with Gasteiger partial charge in [0.15, 0.2) is 11.5 Å². The number of carboxylic acid groups (broad SMARTS) is 1. The molecule has 0 aromatic heterocycles. The van der Waals surface area contributed by atoms with Crippen LogP contribution < -0.4 is 19.5 Å². The van der Waals surface area contributed by atoms with E-state index in [0.717, 1.165) is 0 Å². The first-order chi connectivity index (χ1) is 12.3. The maximum absolute atomic E-state index is 12.3. The molecule has 1 aliphatic heterocycles. The fourth-order valence-corrected chi connectivity index (χ4v) is 3.40. The first-order valence-electron chi connectivity index (χ1n) is 8.18. The first kappa shape index (κ1) is 20.0. The molecule has 1 unspecified atom stereocenters. The van der Waals surface area contributed by atoms with Crippen LogP contribution in [0.15, 0.2) is 23.1 Å². The maximum atomic E-state index is 12.3. The Hall–Kier alpha value is -2.33. The van der Waals surface area contributed by atoms with Crippen LogP contribution in [0.1, 0.15) is 26.2 Å². The van der Waals surface area contributed by atoms with E-state index in [1.165, 1.54) is 18.2 Å². The summed E-state index contributed by atoms with van der Waals surface area (Å²) in [6.45, 7) is 2.40. The molecule has 1 aromatic carbocycles. The van der Waals surface area contributed by atoms with Gasteiger partial charge in [0.05, 0.1) is 24.5 Å². The van der Waals surface area contributed by atoms with Gasteiger partial charge in [-0.2, -0.15) is 0 Å². The molecule has 2 rings (SSSR count). The van der Waals surface area contributed by atoms with E-state index >= 15 is 0 Å². The lowest BCUT2D eigenvalue weighted by molar-refractivity contribution is -0.137. The van der Waals surface area contributed by atoms with Crippen molar-refractivity contribution in [3.05, 3.63) is 18.2 Å². The van der Waals surface area contributed by atoms with Gasteiger partial charge in [-0.05, 0) is 19.1 Å². The van der Waals surface area contributed by atoms with Gasteiger partial charge >= 0.3 is 5.97 Å². The molecular formula is C16H22N2O7S. The van der Waals surface area contributed by atoms with Gasteiger partial charge in [0.1, 0.15) is 0 Å². The van der Waals surface area contributed by atoms with Gasteiger partial charge < -0.3 is 19.9 Å². The number of hydrogen-bond donors (Lipinski definition) is 3. The summed E-state index contributed by atoms with van der Waals surface area (Å²) in [6, 6.07) is 3.80. The minimum atomic E-state index is -3.81. The van der Waals surface area contributed by atoms with Crippen LogP contribution in [-0.4, -0.2) is 51.2 Å². The van der Waals surface area contributed by atoms with E-state index in [-0.39, 0.29) is 24.3 Å². The van der Waals surface area contributed by atoms with Crippen molar-refractivity contribution in [3.63, 3.8) is 0 Å². The van der Waals surface area contributed by atoms with E-state index in [2.05, 4.69) is 10.0 Å². The summed E-state index contributed by atoms with van der Waals surface area (Å²) in [6.07, 6.45) is 0.410. The molecule has 10 heteroatoms. The van der Waals surface area contributed by atoms with Crippen LogP contribution in [0.3, 0.4) is 0 Å². The molecule has 1 aromatic rings. The van der Waals surface area contributed by atoms with E-state index in [1.807, 2.05) is 0 Å². The molecule has 0 fully saturated rings. The van der Waals surface area contributed by atoms with Crippen LogP contribution in [-0.2, 0) is 19.6 Å². The molecule has 0 radical (unpaired) electrons. The number of sulfonamides is 1. The number of aliphatic carboxylic acids is 1. The Morgan fingerprint density at radius 2 is 1.92 bits per heavy atom. The summed E-state index contributed by atoms with van der Waals surface area (Å²) in [5, 5.41) is 11.1. The third kappa shape index (κ3) is 5.88. The summed E-state index contributed by atoms with van der Waals surface area (Å²) in [5.74, 6) is -0.591. The zero-order valence-corrected chi connectivity index (χ0v) is 15.2. The van der Waals surface area contributed by atoms with Crippen molar-refractivity contribution in [1.82, 2.24) is 10.0 Å². The highest BCUT2D eigenvalue weighted by Crippen LogP contribution is 2.31. The third-order valence-corrected chi connectivity index (χ3v) is 5.02. The van der Waals surface area contributed by atoms with Gasteiger partial charge in [0.25, 0.3) is 0 Å². The molecule has 1 aliphatic rings. The highest BCUT2D eigenvalue weighted by Gasteiger charge is 2.19. The van der Waals surface area contributed by atoms with Crippen molar-refractivity contribution >= 4 is 21.9 Å². The summed E-state index contributed by atoms with van der Waals surface area (Å²) >= 11 is 0. The number of nitrogens with one attached hydrogen (secondary N) is 2. The number of carbonyl (C=O) groups is 2. The van der Waals surface area contributed by atoms with Crippen LogP contribution in [0.2, 0.25) is 0 Å². The number of rotatable bonds is 8. The van der Waals surface area contributed by atoms with Gasteiger partial charge in [-0.1, -0.05) is 0 Å². The van der Waals surface area contributed by atoms with Crippen molar-refractivity contribution in [2.75, 3.05) is 19.8 Å². The lowest BCUT2D eigenvalue weighted by atomic mass is 10.2. The third-order valence-electron chi connectivity index (χ3n) is 3.56. The molecule has 1 amide bonds. The normalized spacial score (nSPS) is 15.0. The van der Waals surface area contributed by atoms with Crippen LogP contribution >= 0.6 is 0 Å². The second kappa shape index (κ2) is 8.86. The van der Waals surface area contributed by atoms with E-state index in [4.69, 9.17) is 14.6 Å². The summed E-state index contributed by atoms with van der Waals surface area (Å²) in [7, 11) is -3.81. The molecule has 144 valence electrons. The largest absolute Gasteiger partial charge is 0.490 e. The van der Waals surface area contributed by atoms with Gasteiger partial charge in [-0.3, -0.25) is 9.59 Å². The molecule has 9 nitrogen and oxygen atoms in total. The number of carboxylic acids is 1. The Labute approximate surface area is 151 Å². The number of carbonyl (C=O) groups excluding carboxylic acids is 1. The van der Waals surface area contributed by atoms with Gasteiger partial charge in [0, 0.05) is 31.5 Å². The Balaban J connectivity index is 1.89. The average Bonchev–Trinajstić information content (AvgIpc) is 2.78. The number of amides is 1. The Kier molecular flexibility index (Phi) is 6.81. The molecule has 0 bridgehead atoms. The Morgan fingerprint density at radius 1 is 1.23 bits per heavy atom. The van der Waals surface area contributed by atoms with Crippen LogP contribution in [0.4, 0.5) is 0 Å². The number of hydrogen-bond acceptors (Lipinski definition) is 6. The summed E-state index contributed by atoms with van der Waals surface area (Å²) in [5.41, 5.74) is 0. The Morgan fingerprint density at radius 3 is 2.62 bits per heavy atom. The number of benzene rings is 1. The van der Waals surface area contributed by atoms with Crippen LogP contribution in [0, 0.1) is 0 Å². The fourth-order valence-electron chi connectivity index (χ4n) is 2.35. The van der Waals surface area contributed by atoms with E-state index in [0.29, 0.717) is 31.1 Å². The minimum absolute atomic E-state index is 0.0152. The molecule has 0 saturated heterocycles. The molecule has 1 atom stereocenters. The molecule has 1 heterocycles. The second-order valence-electron chi connectivity index (χ2n) is 5.87. The van der Waals surface area contributed by atoms with Crippen molar-refractivity contribution in [3.8, 4) is 11.5 Å². The monoisotopic (exact) mass is 386 g/mol.